The largest absolute Gasteiger partial charge is 0.502 e. The third-order valence-electron chi connectivity index (χ3n) is 5.65. The number of ether oxygens (including phenoxy) is 2. The second-order valence-corrected chi connectivity index (χ2v) is 8.20. The van der Waals surface area contributed by atoms with E-state index in [1.54, 1.807) is 0 Å². The molecule has 31 heavy (non-hydrogen) atoms. The van der Waals surface area contributed by atoms with Gasteiger partial charge < -0.3 is 25.2 Å². The first-order chi connectivity index (χ1) is 15.1. The lowest BCUT2D eigenvalue weighted by Crippen LogP contribution is -2.45. The van der Waals surface area contributed by atoms with E-state index in [2.05, 4.69) is 35.8 Å². The van der Waals surface area contributed by atoms with Crippen LogP contribution in [0.5, 0.6) is 17.2 Å². The molecule has 0 spiro atoms. The zero-order valence-electron chi connectivity index (χ0n) is 19.0. The first-order valence-electron chi connectivity index (χ1n) is 11.5. The van der Waals surface area contributed by atoms with Gasteiger partial charge in [-0.25, -0.2) is 0 Å². The molecule has 1 heterocycles. The van der Waals surface area contributed by atoms with Gasteiger partial charge in [0, 0.05) is 44.1 Å². The highest BCUT2D eigenvalue weighted by Crippen LogP contribution is 2.38. The van der Waals surface area contributed by atoms with Gasteiger partial charge in [-0.1, -0.05) is 26.7 Å². The van der Waals surface area contributed by atoms with Crippen molar-refractivity contribution in [2.75, 3.05) is 50.0 Å². The van der Waals surface area contributed by atoms with Gasteiger partial charge in [0.1, 0.15) is 0 Å². The Balaban J connectivity index is 1.64. The van der Waals surface area contributed by atoms with Gasteiger partial charge in [-0.05, 0) is 54.8 Å². The normalized spacial score (nSPS) is 14.6. The maximum absolute atomic E-state index is 10.6. The summed E-state index contributed by atoms with van der Waals surface area (Å²) in [6, 6.07) is 12.0. The van der Waals surface area contributed by atoms with Crippen LogP contribution in [0.15, 0.2) is 36.4 Å². The van der Waals surface area contributed by atoms with Crippen LogP contribution in [0.25, 0.3) is 0 Å². The van der Waals surface area contributed by atoms with Gasteiger partial charge in [-0.3, -0.25) is 4.90 Å². The highest BCUT2D eigenvalue weighted by atomic mass is 16.5. The van der Waals surface area contributed by atoms with E-state index in [1.165, 1.54) is 5.69 Å². The van der Waals surface area contributed by atoms with Crippen LogP contribution >= 0.6 is 0 Å². The SMILES string of the molecule is CCCCOc1cc(CN2CCN(c3ccc(N)cc3)CC2)cc(OCCCC)c1O. The highest BCUT2D eigenvalue weighted by molar-refractivity contribution is 5.54. The molecule has 0 saturated carbocycles. The van der Waals surface area contributed by atoms with Crippen molar-refractivity contribution in [3.63, 3.8) is 0 Å². The van der Waals surface area contributed by atoms with Gasteiger partial charge >= 0.3 is 0 Å². The molecule has 3 N–H and O–H groups in total. The van der Waals surface area contributed by atoms with Crippen LogP contribution in [0.1, 0.15) is 45.1 Å². The van der Waals surface area contributed by atoms with Crippen LogP contribution in [0.3, 0.4) is 0 Å². The summed E-state index contributed by atoms with van der Waals surface area (Å²) in [7, 11) is 0. The van der Waals surface area contributed by atoms with E-state index in [0.29, 0.717) is 24.7 Å². The number of nitrogens with zero attached hydrogens (tertiary/aromatic N) is 2. The number of nitrogens with two attached hydrogens (primary N) is 1. The summed E-state index contributed by atoms with van der Waals surface area (Å²) in [4.78, 5) is 4.83. The highest BCUT2D eigenvalue weighted by Gasteiger charge is 2.19. The van der Waals surface area contributed by atoms with Crippen LogP contribution < -0.4 is 20.1 Å². The quantitative estimate of drug-likeness (QED) is 0.402. The van der Waals surface area contributed by atoms with Crippen molar-refractivity contribution in [1.29, 1.82) is 0 Å². The molecular weight excluding hydrogens is 390 g/mol. The molecule has 0 atom stereocenters. The molecule has 6 nitrogen and oxygen atoms in total. The number of benzene rings is 2. The van der Waals surface area contributed by atoms with E-state index >= 15 is 0 Å². The second-order valence-electron chi connectivity index (χ2n) is 8.20. The zero-order valence-corrected chi connectivity index (χ0v) is 19.0. The molecule has 1 fully saturated rings. The average molecular weight is 428 g/mol. The Hall–Kier alpha value is -2.60. The van der Waals surface area contributed by atoms with Gasteiger partial charge in [0.05, 0.1) is 13.2 Å². The van der Waals surface area contributed by atoms with Crippen molar-refractivity contribution in [3.8, 4) is 17.2 Å². The number of piperazine rings is 1. The van der Waals surface area contributed by atoms with E-state index in [4.69, 9.17) is 15.2 Å². The average Bonchev–Trinajstić information content (AvgIpc) is 2.78. The number of rotatable bonds is 11. The number of anilines is 2. The first-order valence-corrected chi connectivity index (χ1v) is 11.5. The van der Waals surface area contributed by atoms with Crippen molar-refractivity contribution in [2.45, 2.75) is 46.1 Å². The number of nitrogen functional groups attached to an aromatic ring is 1. The van der Waals surface area contributed by atoms with Gasteiger partial charge in [-0.2, -0.15) is 0 Å². The fourth-order valence-corrected chi connectivity index (χ4v) is 3.71. The smallest absolute Gasteiger partial charge is 0.200 e. The van der Waals surface area contributed by atoms with Gasteiger partial charge in [-0.15, -0.1) is 0 Å². The Morgan fingerprint density at radius 1 is 0.871 bits per heavy atom. The number of phenols is 1. The minimum Gasteiger partial charge on any atom is -0.502 e. The zero-order chi connectivity index (χ0) is 22.1. The van der Waals surface area contributed by atoms with Gasteiger partial charge in [0.25, 0.3) is 0 Å². The Morgan fingerprint density at radius 2 is 1.42 bits per heavy atom. The molecule has 2 aromatic carbocycles. The Morgan fingerprint density at radius 3 is 1.94 bits per heavy atom. The maximum atomic E-state index is 10.6. The topological polar surface area (TPSA) is 71.2 Å². The van der Waals surface area contributed by atoms with E-state index in [0.717, 1.165) is 69.7 Å². The van der Waals surface area contributed by atoms with Crippen LogP contribution in [0.2, 0.25) is 0 Å². The van der Waals surface area contributed by atoms with Crippen LogP contribution in [0, 0.1) is 0 Å². The first kappa shape index (κ1) is 23.1. The van der Waals surface area contributed by atoms with Gasteiger partial charge in [0.2, 0.25) is 5.75 Å². The van der Waals surface area contributed by atoms with Crippen LogP contribution in [-0.2, 0) is 6.54 Å². The monoisotopic (exact) mass is 427 g/mol. The Bertz CT molecular complexity index is 771. The molecule has 170 valence electrons. The van der Waals surface area contributed by atoms with Crippen molar-refractivity contribution in [2.24, 2.45) is 0 Å². The Kier molecular flexibility index (Phi) is 8.71. The molecule has 1 aliphatic rings. The summed E-state index contributed by atoms with van der Waals surface area (Å²) in [6.45, 7) is 10.2. The molecular formula is C25H37N3O3. The summed E-state index contributed by atoms with van der Waals surface area (Å²) < 4.78 is 11.7. The van der Waals surface area contributed by atoms with E-state index < -0.39 is 0 Å². The molecule has 0 aliphatic carbocycles. The minimum atomic E-state index is 0.115. The molecule has 1 aliphatic heterocycles. The molecule has 0 aromatic heterocycles. The molecule has 0 radical (unpaired) electrons. The molecule has 2 aromatic rings. The van der Waals surface area contributed by atoms with E-state index in [1.807, 2.05) is 24.3 Å². The molecule has 0 bridgehead atoms. The molecule has 0 amide bonds. The summed E-state index contributed by atoms with van der Waals surface area (Å²) in [5.41, 5.74) is 8.93. The number of hydrogen-bond donors (Lipinski definition) is 2. The predicted molar refractivity (Wildman–Crippen MR) is 127 cm³/mol. The van der Waals surface area contributed by atoms with Crippen molar-refractivity contribution in [3.05, 3.63) is 42.0 Å². The van der Waals surface area contributed by atoms with Crippen molar-refractivity contribution in [1.82, 2.24) is 4.90 Å². The molecule has 0 unspecified atom stereocenters. The van der Waals surface area contributed by atoms with Crippen molar-refractivity contribution < 1.29 is 14.6 Å². The summed E-state index contributed by atoms with van der Waals surface area (Å²) in [6.07, 6.45) is 4.03. The second kappa shape index (κ2) is 11.7. The number of hydrogen-bond acceptors (Lipinski definition) is 6. The fraction of sp³-hybridized carbons (Fsp3) is 0.520. The summed E-state index contributed by atoms with van der Waals surface area (Å²) in [5, 5.41) is 10.6. The lowest BCUT2D eigenvalue weighted by atomic mass is 10.1. The minimum absolute atomic E-state index is 0.115. The summed E-state index contributed by atoms with van der Waals surface area (Å²) in [5.74, 6) is 1.17. The standard InChI is InChI=1S/C25H37N3O3/c1-3-5-15-30-23-17-20(18-24(25(23)29)31-16-6-4-2)19-27-11-13-28(14-12-27)22-9-7-21(26)8-10-22/h7-10,17-18,29H,3-6,11-16,19,26H2,1-2H3. The molecule has 1 saturated heterocycles. The third-order valence-corrected chi connectivity index (χ3v) is 5.65. The van der Waals surface area contributed by atoms with E-state index in [-0.39, 0.29) is 5.75 Å². The summed E-state index contributed by atoms with van der Waals surface area (Å²) >= 11 is 0. The molecule has 3 rings (SSSR count). The fourth-order valence-electron chi connectivity index (χ4n) is 3.71. The predicted octanol–water partition coefficient (Wildman–Crippen LogP) is 4.65. The number of phenolic OH excluding ortho intramolecular Hbond substituents is 1. The van der Waals surface area contributed by atoms with Crippen LogP contribution in [0.4, 0.5) is 11.4 Å². The lowest BCUT2D eigenvalue weighted by molar-refractivity contribution is 0.245. The van der Waals surface area contributed by atoms with Crippen molar-refractivity contribution >= 4 is 11.4 Å². The third kappa shape index (κ3) is 6.69. The Labute approximate surface area is 186 Å². The van der Waals surface area contributed by atoms with E-state index in [9.17, 15) is 5.11 Å². The van der Waals surface area contributed by atoms with Crippen LogP contribution in [-0.4, -0.2) is 49.4 Å². The van der Waals surface area contributed by atoms with Gasteiger partial charge in [0.15, 0.2) is 11.5 Å². The molecule has 6 heteroatoms. The number of unbranched alkanes of at least 4 members (excludes halogenated alkanes) is 2. The maximum Gasteiger partial charge on any atom is 0.200 e. The lowest BCUT2D eigenvalue weighted by Gasteiger charge is -2.36. The number of aromatic hydroxyl groups is 1.